The lowest BCUT2D eigenvalue weighted by Crippen LogP contribution is -2.37. The second-order valence-corrected chi connectivity index (χ2v) is 13.3. The van der Waals surface area contributed by atoms with Crippen LogP contribution in [0.4, 0.5) is 0 Å². The summed E-state index contributed by atoms with van der Waals surface area (Å²) in [6.07, 6.45) is 28.0. The van der Waals surface area contributed by atoms with Gasteiger partial charge in [-0.2, -0.15) is 0 Å². The fraction of sp³-hybridized carbons (Fsp3) is 0.971. The largest absolute Gasteiger partial charge is 0.342 e. The number of unbranched alkanes of at least 4 members (excludes halogenated alkanes) is 11. The number of rotatable bonds is 24. The Kier molecular flexibility index (Phi) is 18.8. The zero-order valence-electron chi connectivity index (χ0n) is 26.5. The minimum absolute atomic E-state index is 0.293. The molecule has 3 nitrogen and oxygen atoms in total. The van der Waals surface area contributed by atoms with E-state index in [1.165, 1.54) is 142 Å². The normalized spacial score (nSPS) is 20.5. The molecule has 2 saturated heterocycles. The van der Waals surface area contributed by atoms with E-state index in [9.17, 15) is 4.79 Å². The average Bonchev–Trinajstić information content (AvgIpc) is 3.49. The Morgan fingerprint density at radius 1 is 0.553 bits per heavy atom. The molecule has 3 atom stereocenters. The number of amides is 1. The molecule has 3 unspecified atom stereocenters. The monoisotopic (exact) mass is 533 g/mol. The van der Waals surface area contributed by atoms with Crippen LogP contribution in [0.3, 0.4) is 0 Å². The van der Waals surface area contributed by atoms with E-state index in [0.29, 0.717) is 11.8 Å². The molecule has 0 aromatic heterocycles. The fourth-order valence-corrected chi connectivity index (χ4v) is 7.30. The van der Waals surface area contributed by atoms with Crippen LogP contribution in [0, 0.1) is 23.7 Å². The minimum atomic E-state index is 0.293. The lowest BCUT2D eigenvalue weighted by Gasteiger charge is -2.26. The van der Waals surface area contributed by atoms with Crippen LogP contribution in [-0.2, 0) is 4.79 Å². The maximum absolute atomic E-state index is 13.7. The van der Waals surface area contributed by atoms with Crippen molar-refractivity contribution < 1.29 is 4.79 Å². The van der Waals surface area contributed by atoms with Crippen LogP contribution < -0.4 is 0 Å². The standard InChI is InChI=1S/C35H68N2O/c1-5-9-13-15-18-24-32(25-19-16-14-10-6-2)35(38)37-29-33-27-36(28-34(33)30-37)26-20-23-31(21-12-8-4)22-17-11-7-3/h31-34H,5-30H2,1-4H3. The molecule has 2 fully saturated rings. The summed E-state index contributed by atoms with van der Waals surface area (Å²) < 4.78 is 0. The molecular weight excluding hydrogens is 464 g/mol. The third-order valence-corrected chi connectivity index (χ3v) is 9.80. The van der Waals surface area contributed by atoms with Crippen molar-refractivity contribution in [3.05, 3.63) is 0 Å². The fourth-order valence-electron chi connectivity index (χ4n) is 7.30. The highest BCUT2D eigenvalue weighted by Crippen LogP contribution is 2.34. The van der Waals surface area contributed by atoms with Gasteiger partial charge in [0.25, 0.3) is 0 Å². The van der Waals surface area contributed by atoms with Crippen molar-refractivity contribution in [3.8, 4) is 0 Å². The third kappa shape index (κ3) is 13.2. The van der Waals surface area contributed by atoms with Gasteiger partial charge in [-0.25, -0.2) is 0 Å². The van der Waals surface area contributed by atoms with Gasteiger partial charge in [-0.05, 0) is 50.0 Å². The van der Waals surface area contributed by atoms with Crippen molar-refractivity contribution >= 4 is 5.91 Å². The van der Waals surface area contributed by atoms with Crippen LogP contribution in [0.25, 0.3) is 0 Å². The minimum Gasteiger partial charge on any atom is -0.342 e. The molecule has 2 rings (SSSR count). The molecule has 0 saturated carbocycles. The number of carbonyl (C=O) groups excluding carboxylic acids is 1. The van der Waals surface area contributed by atoms with E-state index in [1.54, 1.807) is 0 Å². The van der Waals surface area contributed by atoms with Crippen LogP contribution in [0.15, 0.2) is 0 Å². The summed E-state index contributed by atoms with van der Waals surface area (Å²) in [5.41, 5.74) is 0. The van der Waals surface area contributed by atoms with Gasteiger partial charge < -0.3 is 9.80 Å². The molecule has 0 radical (unpaired) electrons. The summed E-state index contributed by atoms with van der Waals surface area (Å²) >= 11 is 0. The predicted molar refractivity (Wildman–Crippen MR) is 167 cm³/mol. The number of fused-ring (bicyclic) bond motifs is 1. The topological polar surface area (TPSA) is 23.6 Å². The predicted octanol–water partition coefficient (Wildman–Crippen LogP) is 9.88. The van der Waals surface area contributed by atoms with Gasteiger partial charge >= 0.3 is 0 Å². The molecule has 2 heterocycles. The number of nitrogens with zero attached hydrogens (tertiary/aromatic N) is 2. The summed E-state index contributed by atoms with van der Waals surface area (Å²) in [6, 6.07) is 0. The Morgan fingerprint density at radius 2 is 1.00 bits per heavy atom. The van der Waals surface area contributed by atoms with Crippen LogP contribution in [0.1, 0.15) is 163 Å². The van der Waals surface area contributed by atoms with Crippen LogP contribution in [0.2, 0.25) is 0 Å². The van der Waals surface area contributed by atoms with Gasteiger partial charge in [0.2, 0.25) is 5.91 Å². The van der Waals surface area contributed by atoms with Gasteiger partial charge in [-0.3, -0.25) is 4.79 Å². The van der Waals surface area contributed by atoms with Gasteiger partial charge in [0.15, 0.2) is 0 Å². The molecule has 0 bridgehead atoms. The molecule has 38 heavy (non-hydrogen) atoms. The van der Waals surface area contributed by atoms with Gasteiger partial charge in [-0.1, -0.05) is 137 Å². The molecule has 1 amide bonds. The number of hydrogen-bond donors (Lipinski definition) is 0. The van der Waals surface area contributed by atoms with Gasteiger partial charge in [0, 0.05) is 32.1 Å². The van der Waals surface area contributed by atoms with Gasteiger partial charge in [-0.15, -0.1) is 0 Å². The summed E-state index contributed by atoms with van der Waals surface area (Å²) in [6.45, 7) is 15.1. The molecule has 0 spiro atoms. The Labute approximate surface area is 239 Å². The van der Waals surface area contributed by atoms with E-state index in [2.05, 4.69) is 37.5 Å². The highest BCUT2D eigenvalue weighted by molar-refractivity contribution is 5.79. The maximum atomic E-state index is 13.7. The molecule has 0 N–H and O–H groups in total. The van der Waals surface area contributed by atoms with E-state index in [4.69, 9.17) is 0 Å². The molecule has 0 aromatic carbocycles. The van der Waals surface area contributed by atoms with E-state index in [-0.39, 0.29) is 0 Å². The Balaban J connectivity index is 1.74. The zero-order valence-corrected chi connectivity index (χ0v) is 26.5. The lowest BCUT2D eigenvalue weighted by molar-refractivity contribution is -0.135. The first-order valence-corrected chi connectivity index (χ1v) is 17.6. The van der Waals surface area contributed by atoms with E-state index in [0.717, 1.165) is 43.7 Å². The van der Waals surface area contributed by atoms with E-state index >= 15 is 0 Å². The second-order valence-electron chi connectivity index (χ2n) is 13.3. The number of carbonyl (C=O) groups is 1. The summed E-state index contributed by atoms with van der Waals surface area (Å²) in [5, 5.41) is 0. The molecule has 2 aliphatic rings. The first-order valence-electron chi connectivity index (χ1n) is 17.6. The molecular formula is C35H68N2O. The van der Waals surface area contributed by atoms with Crippen LogP contribution >= 0.6 is 0 Å². The van der Waals surface area contributed by atoms with Gasteiger partial charge in [0.1, 0.15) is 0 Å². The first-order chi connectivity index (χ1) is 18.6. The van der Waals surface area contributed by atoms with E-state index < -0.39 is 0 Å². The summed E-state index contributed by atoms with van der Waals surface area (Å²) in [7, 11) is 0. The number of likely N-dealkylation sites (tertiary alicyclic amines) is 2. The van der Waals surface area contributed by atoms with E-state index in [1.807, 2.05) is 0 Å². The zero-order chi connectivity index (χ0) is 27.4. The molecule has 2 aliphatic heterocycles. The summed E-state index contributed by atoms with van der Waals surface area (Å²) in [4.78, 5) is 18.7. The smallest absolute Gasteiger partial charge is 0.225 e. The highest BCUT2D eigenvalue weighted by Gasteiger charge is 2.42. The van der Waals surface area contributed by atoms with Crippen molar-refractivity contribution in [2.75, 3.05) is 32.7 Å². The third-order valence-electron chi connectivity index (χ3n) is 9.80. The van der Waals surface area contributed by atoms with Crippen molar-refractivity contribution in [1.29, 1.82) is 0 Å². The van der Waals surface area contributed by atoms with Crippen LogP contribution in [-0.4, -0.2) is 48.4 Å². The molecule has 224 valence electrons. The summed E-state index contributed by atoms with van der Waals surface area (Å²) in [5.74, 6) is 3.23. The van der Waals surface area contributed by atoms with Gasteiger partial charge in [0.05, 0.1) is 0 Å². The van der Waals surface area contributed by atoms with Crippen molar-refractivity contribution in [2.24, 2.45) is 23.7 Å². The van der Waals surface area contributed by atoms with Crippen molar-refractivity contribution in [3.63, 3.8) is 0 Å². The molecule has 3 heteroatoms. The van der Waals surface area contributed by atoms with Crippen LogP contribution in [0.5, 0.6) is 0 Å². The number of hydrogen-bond acceptors (Lipinski definition) is 2. The molecule has 0 aliphatic carbocycles. The SMILES string of the molecule is CCCCCCCC(CCCCCCC)C(=O)N1CC2CN(CCCC(CCCC)CCCCC)CC2C1. The first kappa shape index (κ1) is 33.6. The van der Waals surface area contributed by atoms with Crippen molar-refractivity contribution in [1.82, 2.24) is 9.80 Å². The lowest BCUT2D eigenvalue weighted by atomic mass is 9.91. The second kappa shape index (κ2) is 21.2. The Bertz CT molecular complexity index is 550. The van der Waals surface area contributed by atoms with Crippen molar-refractivity contribution in [2.45, 2.75) is 163 Å². The molecule has 0 aromatic rings. The highest BCUT2D eigenvalue weighted by atomic mass is 16.2. The quantitative estimate of drug-likeness (QED) is 0.115. The Hall–Kier alpha value is -0.570. The maximum Gasteiger partial charge on any atom is 0.225 e. The average molecular weight is 533 g/mol. The Morgan fingerprint density at radius 3 is 1.55 bits per heavy atom.